The third kappa shape index (κ3) is 3.48. The molecule has 0 atom stereocenters. The summed E-state index contributed by atoms with van der Waals surface area (Å²) < 4.78 is 12.9. The molecule has 0 saturated carbocycles. The van der Waals surface area contributed by atoms with E-state index in [1.807, 2.05) is 30.3 Å². The maximum absolute atomic E-state index is 12.9. The minimum absolute atomic E-state index is 0.0575. The van der Waals surface area contributed by atoms with E-state index in [0.29, 0.717) is 12.0 Å². The quantitative estimate of drug-likeness (QED) is 0.753. The number of aryl methyl sites for hydroxylation is 1. The number of rotatable bonds is 5. The number of benzene rings is 1. The van der Waals surface area contributed by atoms with Crippen LogP contribution in [-0.4, -0.2) is 10.8 Å². The monoisotopic (exact) mass is 243 g/mol. The largest absolute Gasteiger partial charge is 0.294 e. The molecule has 3 heteroatoms. The third-order valence-electron chi connectivity index (χ3n) is 2.74. The summed E-state index contributed by atoms with van der Waals surface area (Å²) in [5.41, 5.74) is 1.56. The van der Waals surface area contributed by atoms with Gasteiger partial charge in [0.25, 0.3) is 0 Å². The second-order valence-corrected chi connectivity index (χ2v) is 4.15. The van der Waals surface area contributed by atoms with Crippen molar-refractivity contribution in [3.63, 3.8) is 0 Å². The molecular weight excluding hydrogens is 229 g/mol. The minimum atomic E-state index is -0.469. The van der Waals surface area contributed by atoms with Crippen molar-refractivity contribution in [3.8, 4) is 0 Å². The first-order chi connectivity index (χ1) is 8.75. The van der Waals surface area contributed by atoms with Gasteiger partial charge in [0.15, 0.2) is 5.78 Å². The molecule has 1 aromatic carbocycles. The average Bonchev–Trinajstić information content (AvgIpc) is 2.40. The number of ketones is 1. The van der Waals surface area contributed by atoms with Gasteiger partial charge in [-0.25, -0.2) is 4.39 Å². The Bertz CT molecular complexity index is 525. The van der Waals surface area contributed by atoms with Crippen LogP contribution in [0.25, 0.3) is 0 Å². The molecular formula is C15H14FNO. The first kappa shape index (κ1) is 12.4. The van der Waals surface area contributed by atoms with Crippen LogP contribution in [0, 0.1) is 5.82 Å². The fraction of sp³-hybridized carbons (Fsp3) is 0.200. The third-order valence-corrected chi connectivity index (χ3v) is 2.74. The Kier molecular flexibility index (Phi) is 4.18. The maximum atomic E-state index is 12.9. The van der Waals surface area contributed by atoms with Crippen molar-refractivity contribution in [2.75, 3.05) is 0 Å². The van der Waals surface area contributed by atoms with Crippen LogP contribution in [-0.2, 0) is 6.42 Å². The van der Waals surface area contributed by atoms with E-state index in [2.05, 4.69) is 4.98 Å². The minimum Gasteiger partial charge on any atom is -0.294 e. The van der Waals surface area contributed by atoms with Gasteiger partial charge in [-0.05, 0) is 24.5 Å². The van der Waals surface area contributed by atoms with Gasteiger partial charge in [-0.1, -0.05) is 30.3 Å². The summed E-state index contributed by atoms with van der Waals surface area (Å²) >= 11 is 0. The number of halogens is 1. The number of Topliss-reactive ketones (excluding diaryl/α,β-unsaturated/α-hetero) is 1. The second kappa shape index (κ2) is 6.05. The van der Waals surface area contributed by atoms with Gasteiger partial charge in [0, 0.05) is 18.2 Å². The average molecular weight is 243 g/mol. The van der Waals surface area contributed by atoms with Crippen LogP contribution in [0.1, 0.15) is 28.8 Å². The first-order valence-electron chi connectivity index (χ1n) is 5.93. The van der Waals surface area contributed by atoms with E-state index in [9.17, 15) is 9.18 Å². The van der Waals surface area contributed by atoms with Gasteiger partial charge in [-0.3, -0.25) is 9.78 Å². The fourth-order valence-electron chi connectivity index (χ4n) is 1.81. The van der Waals surface area contributed by atoms with Crippen molar-refractivity contribution in [3.05, 3.63) is 65.7 Å². The van der Waals surface area contributed by atoms with Gasteiger partial charge in [-0.15, -0.1) is 0 Å². The number of hydrogen-bond donors (Lipinski definition) is 0. The number of carbonyl (C=O) groups excluding carboxylic acids is 1. The predicted molar refractivity (Wildman–Crippen MR) is 67.9 cm³/mol. The molecule has 0 aliphatic rings. The molecule has 2 aromatic rings. The Morgan fingerprint density at radius 1 is 1.17 bits per heavy atom. The van der Waals surface area contributed by atoms with Crippen molar-refractivity contribution < 1.29 is 9.18 Å². The summed E-state index contributed by atoms with van der Waals surface area (Å²) in [7, 11) is 0. The molecule has 0 spiro atoms. The van der Waals surface area contributed by atoms with Crippen LogP contribution in [0.15, 0.2) is 48.8 Å². The Morgan fingerprint density at radius 3 is 2.67 bits per heavy atom. The summed E-state index contributed by atoms with van der Waals surface area (Å²) in [5.74, 6) is -0.526. The number of aromatic nitrogens is 1. The lowest BCUT2D eigenvalue weighted by Gasteiger charge is -2.02. The van der Waals surface area contributed by atoms with E-state index in [4.69, 9.17) is 0 Å². The molecule has 0 amide bonds. The molecule has 0 unspecified atom stereocenters. The Labute approximate surface area is 105 Å². The lowest BCUT2D eigenvalue weighted by molar-refractivity contribution is 0.0979. The highest BCUT2D eigenvalue weighted by molar-refractivity contribution is 5.95. The van der Waals surface area contributed by atoms with Crippen LogP contribution >= 0.6 is 0 Å². The normalized spacial score (nSPS) is 10.3. The van der Waals surface area contributed by atoms with E-state index >= 15 is 0 Å². The Balaban J connectivity index is 1.86. The summed E-state index contributed by atoms with van der Waals surface area (Å²) in [6, 6.07) is 11.2. The molecule has 0 fully saturated rings. The standard InChI is InChI=1S/C15H14FNO/c16-14-9-13(10-17-11-14)15(18)8-4-7-12-5-2-1-3-6-12/h1-3,5-6,9-11H,4,7-8H2. The lowest BCUT2D eigenvalue weighted by Crippen LogP contribution is -2.01. The van der Waals surface area contributed by atoms with Gasteiger partial charge in [-0.2, -0.15) is 0 Å². The van der Waals surface area contributed by atoms with Crippen molar-refractivity contribution in [1.29, 1.82) is 0 Å². The van der Waals surface area contributed by atoms with E-state index in [-0.39, 0.29) is 5.78 Å². The molecule has 1 aromatic heterocycles. The molecule has 2 rings (SSSR count). The zero-order valence-electron chi connectivity index (χ0n) is 9.97. The number of pyridine rings is 1. The van der Waals surface area contributed by atoms with E-state index in [1.165, 1.54) is 17.8 Å². The van der Waals surface area contributed by atoms with Crippen molar-refractivity contribution in [2.24, 2.45) is 0 Å². The smallest absolute Gasteiger partial charge is 0.164 e. The van der Waals surface area contributed by atoms with Crippen LogP contribution in [0.3, 0.4) is 0 Å². The molecule has 18 heavy (non-hydrogen) atoms. The second-order valence-electron chi connectivity index (χ2n) is 4.15. The predicted octanol–water partition coefficient (Wildman–Crippen LogP) is 3.43. The topological polar surface area (TPSA) is 30.0 Å². The molecule has 0 bridgehead atoms. The highest BCUT2D eigenvalue weighted by Crippen LogP contribution is 2.09. The molecule has 0 aliphatic carbocycles. The fourth-order valence-corrected chi connectivity index (χ4v) is 1.81. The Hall–Kier alpha value is -2.03. The van der Waals surface area contributed by atoms with Crippen molar-refractivity contribution in [2.45, 2.75) is 19.3 Å². The van der Waals surface area contributed by atoms with E-state index in [1.54, 1.807) is 0 Å². The molecule has 0 saturated heterocycles. The first-order valence-corrected chi connectivity index (χ1v) is 5.93. The number of carbonyl (C=O) groups is 1. The highest BCUT2D eigenvalue weighted by Gasteiger charge is 2.07. The van der Waals surface area contributed by atoms with Gasteiger partial charge in [0.05, 0.1) is 6.20 Å². The summed E-state index contributed by atoms with van der Waals surface area (Å²) in [6.45, 7) is 0. The van der Waals surface area contributed by atoms with E-state index < -0.39 is 5.82 Å². The van der Waals surface area contributed by atoms with Crippen LogP contribution in [0.4, 0.5) is 4.39 Å². The summed E-state index contributed by atoms with van der Waals surface area (Å²) in [6.07, 6.45) is 4.55. The van der Waals surface area contributed by atoms with E-state index in [0.717, 1.165) is 19.0 Å². The van der Waals surface area contributed by atoms with Crippen LogP contribution < -0.4 is 0 Å². The molecule has 0 radical (unpaired) electrons. The van der Waals surface area contributed by atoms with Crippen LogP contribution in [0.5, 0.6) is 0 Å². The van der Waals surface area contributed by atoms with Gasteiger partial charge >= 0.3 is 0 Å². The molecule has 0 aliphatic heterocycles. The Morgan fingerprint density at radius 2 is 1.94 bits per heavy atom. The van der Waals surface area contributed by atoms with Crippen LogP contribution in [0.2, 0.25) is 0 Å². The lowest BCUT2D eigenvalue weighted by atomic mass is 10.0. The number of nitrogens with zero attached hydrogens (tertiary/aromatic N) is 1. The molecule has 2 nitrogen and oxygen atoms in total. The molecule has 1 heterocycles. The summed E-state index contributed by atoms with van der Waals surface area (Å²) in [5, 5.41) is 0. The van der Waals surface area contributed by atoms with Crippen molar-refractivity contribution in [1.82, 2.24) is 4.98 Å². The SMILES string of the molecule is O=C(CCCc1ccccc1)c1cncc(F)c1. The summed E-state index contributed by atoms with van der Waals surface area (Å²) in [4.78, 5) is 15.5. The van der Waals surface area contributed by atoms with Gasteiger partial charge in [0.2, 0.25) is 0 Å². The van der Waals surface area contributed by atoms with Gasteiger partial charge < -0.3 is 0 Å². The van der Waals surface area contributed by atoms with Crippen molar-refractivity contribution >= 4 is 5.78 Å². The number of hydrogen-bond acceptors (Lipinski definition) is 2. The molecule has 0 N–H and O–H groups in total. The van der Waals surface area contributed by atoms with Gasteiger partial charge in [0.1, 0.15) is 5.82 Å². The zero-order valence-corrected chi connectivity index (χ0v) is 9.97. The molecule has 92 valence electrons. The zero-order chi connectivity index (χ0) is 12.8. The maximum Gasteiger partial charge on any atom is 0.164 e. The highest BCUT2D eigenvalue weighted by atomic mass is 19.1.